The van der Waals surface area contributed by atoms with Gasteiger partial charge in [-0.05, 0) is 37.0 Å². The normalized spacial score (nSPS) is 12.5. The van der Waals surface area contributed by atoms with Crippen molar-refractivity contribution < 1.29 is 28.6 Å². The first-order valence-corrected chi connectivity index (χ1v) is 35.1. The lowest BCUT2D eigenvalue weighted by molar-refractivity contribution is -0.167. The second-order valence-corrected chi connectivity index (χ2v) is 25.7. The molecule has 0 aromatic carbocycles. The first-order valence-electron chi connectivity index (χ1n) is 35.1. The van der Waals surface area contributed by atoms with Crippen molar-refractivity contribution in [3.8, 4) is 0 Å². The molecule has 0 fully saturated rings. The van der Waals surface area contributed by atoms with Gasteiger partial charge in [-0.1, -0.05) is 363 Å². The molecule has 0 rings (SSSR count). The zero-order valence-corrected chi connectivity index (χ0v) is 53.3. The van der Waals surface area contributed by atoms with Crippen LogP contribution in [0.4, 0.5) is 0 Å². The van der Waals surface area contributed by atoms with Gasteiger partial charge in [0.25, 0.3) is 0 Å². The first kappa shape index (κ1) is 75.4. The van der Waals surface area contributed by atoms with Crippen LogP contribution in [0.1, 0.15) is 401 Å². The first-order chi connectivity index (χ1) is 37.6. The van der Waals surface area contributed by atoms with Crippen molar-refractivity contribution in [3.63, 3.8) is 0 Å². The van der Waals surface area contributed by atoms with E-state index < -0.39 is 6.10 Å². The summed E-state index contributed by atoms with van der Waals surface area (Å²) in [5.41, 5.74) is 0. The zero-order valence-electron chi connectivity index (χ0n) is 53.3. The third-order valence-corrected chi connectivity index (χ3v) is 16.8. The maximum Gasteiger partial charge on any atom is 0.306 e. The molecule has 0 saturated carbocycles. The summed E-state index contributed by atoms with van der Waals surface area (Å²) in [5.74, 6) is 1.78. The van der Waals surface area contributed by atoms with Gasteiger partial charge in [0.1, 0.15) is 13.2 Å². The lowest BCUT2D eigenvalue weighted by Gasteiger charge is -2.18. The van der Waals surface area contributed by atoms with E-state index >= 15 is 0 Å². The van der Waals surface area contributed by atoms with E-state index in [-0.39, 0.29) is 31.1 Å². The molecule has 458 valence electrons. The summed E-state index contributed by atoms with van der Waals surface area (Å²) in [6.45, 7) is 13.9. The second kappa shape index (κ2) is 62.0. The maximum absolute atomic E-state index is 13.0. The van der Waals surface area contributed by atoms with Crippen LogP contribution in [-0.2, 0) is 28.6 Å². The highest BCUT2D eigenvalue weighted by Crippen LogP contribution is 2.20. The number of unbranched alkanes of at least 4 members (excludes halogenated alkanes) is 46. The predicted octanol–water partition coefficient (Wildman–Crippen LogP) is 23.8. The lowest BCUT2D eigenvalue weighted by Crippen LogP contribution is -2.30. The minimum atomic E-state index is -0.765. The Morgan fingerprint density at radius 1 is 0.260 bits per heavy atom. The van der Waals surface area contributed by atoms with Crippen LogP contribution >= 0.6 is 0 Å². The average Bonchev–Trinajstić information content (AvgIpc) is 3.41. The topological polar surface area (TPSA) is 78.9 Å². The predicted molar refractivity (Wildman–Crippen MR) is 335 cm³/mol. The van der Waals surface area contributed by atoms with Crippen LogP contribution in [-0.4, -0.2) is 37.2 Å². The monoisotopic (exact) mass is 1090 g/mol. The van der Waals surface area contributed by atoms with Crippen molar-refractivity contribution in [2.24, 2.45) is 17.8 Å². The molecule has 2 atom stereocenters. The molecule has 0 N–H and O–H groups in total. The summed E-state index contributed by atoms with van der Waals surface area (Å²) in [6, 6.07) is 0. The van der Waals surface area contributed by atoms with Crippen LogP contribution in [0.2, 0.25) is 0 Å². The largest absolute Gasteiger partial charge is 0.462 e. The molecule has 6 nitrogen and oxygen atoms in total. The number of carbonyl (C=O) groups is 3. The Morgan fingerprint density at radius 3 is 0.675 bits per heavy atom. The van der Waals surface area contributed by atoms with E-state index in [9.17, 15) is 14.4 Å². The Bertz CT molecular complexity index is 1200. The highest BCUT2D eigenvalue weighted by molar-refractivity contribution is 5.71. The Kier molecular flexibility index (Phi) is 60.7. The molecule has 77 heavy (non-hydrogen) atoms. The van der Waals surface area contributed by atoms with E-state index in [1.54, 1.807) is 0 Å². The summed E-state index contributed by atoms with van der Waals surface area (Å²) in [4.78, 5) is 38.5. The minimum Gasteiger partial charge on any atom is -0.462 e. The quantitative estimate of drug-likeness (QED) is 0.0343. The molecule has 0 aromatic rings. The van der Waals surface area contributed by atoms with Gasteiger partial charge in [0, 0.05) is 19.3 Å². The summed E-state index contributed by atoms with van der Waals surface area (Å²) >= 11 is 0. The van der Waals surface area contributed by atoms with Gasteiger partial charge in [0.05, 0.1) is 0 Å². The van der Waals surface area contributed by atoms with Crippen LogP contribution < -0.4 is 0 Å². The van der Waals surface area contributed by atoms with Crippen molar-refractivity contribution in [2.75, 3.05) is 13.2 Å². The van der Waals surface area contributed by atoms with Gasteiger partial charge in [0.2, 0.25) is 0 Å². The fourth-order valence-electron chi connectivity index (χ4n) is 11.1. The van der Waals surface area contributed by atoms with Crippen LogP contribution in [0.5, 0.6) is 0 Å². The van der Waals surface area contributed by atoms with E-state index in [4.69, 9.17) is 14.2 Å². The molecule has 1 unspecified atom stereocenters. The number of carbonyl (C=O) groups excluding carboxylic acids is 3. The Labute approximate surface area is 482 Å². The van der Waals surface area contributed by atoms with Crippen LogP contribution in [0.15, 0.2) is 0 Å². The van der Waals surface area contributed by atoms with E-state index in [1.807, 2.05) is 0 Å². The van der Waals surface area contributed by atoms with Gasteiger partial charge in [-0.15, -0.1) is 0 Å². The molecule has 0 spiro atoms. The van der Waals surface area contributed by atoms with Gasteiger partial charge < -0.3 is 14.2 Å². The number of esters is 3. The SMILES string of the molecule is CCC(C)CCCCCCCCCCCCCCCCCCCCC(=O)OC[C@H](COC(=O)CCCCCCCCCCCCCCCC(C)C)OC(=O)CCCCCCCCCCCCCCCCCCCCC(C)C. The molecule has 0 aliphatic rings. The molecule has 0 aromatic heterocycles. The minimum absolute atomic E-state index is 0.0618. The standard InChI is InChI=1S/C71H138O6/c1-7-67(6)59-53-47-41-35-29-23-17-13-9-11-14-18-24-30-36-42-48-54-60-69(72)75-63-68(64-76-70(73)61-55-49-43-37-31-26-20-22-28-34-40-46-52-58-66(4)5)77-71(74)62-56-50-44-38-32-25-19-15-10-8-12-16-21-27-33-39-45-51-57-65(2)3/h65-68H,7-64H2,1-6H3/t67?,68-/m1/s1. The molecular weight excluding hydrogens is 949 g/mol. The second-order valence-electron chi connectivity index (χ2n) is 25.7. The zero-order chi connectivity index (χ0) is 56.2. The van der Waals surface area contributed by atoms with Gasteiger partial charge in [-0.2, -0.15) is 0 Å². The number of hydrogen-bond donors (Lipinski definition) is 0. The van der Waals surface area contributed by atoms with Gasteiger partial charge in [0.15, 0.2) is 6.10 Å². The molecule has 0 radical (unpaired) electrons. The van der Waals surface area contributed by atoms with Gasteiger partial charge in [-0.3, -0.25) is 14.4 Å². The Morgan fingerprint density at radius 2 is 0.455 bits per heavy atom. The molecule has 0 aliphatic heterocycles. The van der Waals surface area contributed by atoms with Gasteiger partial charge >= 0.3 is 17.9 Å². The fourth-order valence-corrected chi connectivity index (χ4v) is 11.1. The van der Waals surface area contributed by atoms with E-state index in [1.165, 1.54) is 283 Å². The lowest BCUT2D eigenvalue weighted by atomic mass is 9.99. The maximum atomic E-state index is 13.0. The summed E-state index contributed by atoms with van der Waals surface area (Å²) < 4.78 is 17.0. The molecule has 0 bridgehead atoms. The number of rotatable bonds is 64. The van der Waals surface area contributed by atoms with Crippen molar-refractivity contribution in [1.82, 2.24) is 0 Å². The average molecular weight is 1090 g/mol. The van der Waals surface area contributed by atoms with Crippen molar-refractivity contribution in [2.45, 2.75) is 407 Å². The van der Waals surface area contributed by atoms with Gasteiger partial charge in [-0.25, -0.2) is 0 Å². The highest BCUT2D eigenvalue weighted by atomic mass is 16.6. The molecule has 6 heteroatoms. The van der Waals surface area contributed by atoms with Crippen LogP contribution in [0.25, 0.3) is 0 Å². The number of hydrogen-bond acceptors (Lipinski definition) is 6. The molecule has 0 heterocycles. The van der Waals surface area contributed by atoms with Crippen molar-refractivity contribution in [3.05, 3.63) is 0 Å². The fraction of sp³-hybridized carbons (Fsp3) is 0.958. The molecule has 0 aliphatic carbocycles. The van der Waals surface area contributed by atoms with Crippen LogP contribution in [0.3, 0.4) is 0 Å². The van der Waals surface area contributed by atoms with E-state index in [0.717, 1.165) is 75.5 Å². The summed E-state index contributed by atoms with van der Waals surface area (Å²) in [6.07, 6.45) is 69.7. The Balaban J connectivity index is 4.26. The smallest absolute Gasteiger partial charge is 0.306 e. The summed E-state index contributed by atoms with van der Waals surface area (Å²) in [5, 5.41) is 0. The molecule has 0 saturated heterocycles. The molecule has 0 amide bonds. The van der Waals surface area contributed by atoms with E-state index in [0.29, 0.717) is 19.3 Å². The third-order valence-electron chi connectivity index (χ3n) is 16.8. The van der Waals surface area contributed by atoms with Crippen molar-refractivity contribution in [1.29, 1.82) is 0 Å². The Hall–Kier alpha value is -1.59. The third kappa shape index (κ3) is 63.5. The van der Waals surface area contributed by atoms with Crippen molar-refractivity contribution >= 4 is 17.9 Å². The highest BCUT2D eigenvalue weighted by Gasteiger charge is 2.20. The number of ether oxygens (including phenoxy) is 3. The molecular formula is C71H138O6. The van der Waals surface area contributed by atoms with Crippen LogP contribution in [0, 0.1) is 17.8 Å². The van der Waals surface area contributed by atoms with E-state index in [2.05, 4.69) is 41.5 Å². The summed E-state index contributed by atoms with van der Waals surface area (Å²) in [7, 11) is 0.